The van der Waals surface area contributed by atoms with Crippen LogP contribution in [0.4, 0.5) is 0 Å². The third-order valence-electron chi connectivity index (χ3n) is 9.67. The van der Waals surface area contributed by atoms with E-state index in [1.54, 1.807) is 0 Å². The molecule has 9 aromatic rings. The Balaban J connectivity index is 1.14. The van der Waals surface area contributed by atoms with Gasteiger partial charge in [0.1, 0.15) is 12.0 Å². The van der Waals surface area contributed by atoms with Crippen LogP contribution in [0.25, 0.3) is 58.8 Å². The molecule has 0 aliphatic carbocycles. The zero-order valence-electron chi connectivity index (χ0n) is 27.0. The second-order valence-electron chi connectivity index (χ2n) is 12.7. The Kier molecular flexibility index (Phi) is 6.71. The van der Waals surface area contributed by atoms with Gasteiger partial charge in [0.05, 0.1) is 15.7 Å². The van der Waals surface area contributed by atoms with Crippen LogP contribution in [0.1, 0.15) is 22.9 Å². The lowest BCUT2D eigenvalue weighted by Crippen LogP contribution is -2.33. The molecule has 4 nitrogen and oxygen atoms in total. The highest BCUT2D eigenvalue weighted by Crippen LogP contribution is 2.43. The monoisotopic (exact) mass is 658 g/mol. The molecule has 236 valence electrons. The molecule has 0 amide bonds. The molecular formula is C45H30N4S. The number of amidine groups is 2. The lowest BCUT2D eigenvalue weighted by molar-refractivity contribution is 0.674. The number of thiophene rings is 1. The third-order valence-corrected chi connectivity index (χ3v) is 10.9. The molecule has 1 aliphatic heterocycles. The molecule has 3 heterocycles. The smallest absolute Gasteiger partial charge is 0.159 e. The number of nitrogens with zero attached hydrogens (tertiary/aromatic N) is 3. The van der Waals surface area contributed by atoms with Crippen LogP contribution >= 0.6 is 11.3 Å². The first kappa shape index (κ1) is 28.7. The molecule has 5 heteroatoms. The first-order valence-corrected chi connectivity index (χ1v) is 17.7. The van der Waals surface area contributed by atoms with Gasteiger partial charge in [-0.05, 0) is 41.0 Å². The molecule has 10 rings (SSSR count). The van der Waals surface area contributed by atoms with Gasteiger partial charge >= 0.3 is 0 Å². The minimum absolute atomic E-state index is 0.275. The van der Waals surface area contributed by atoms with Crippen LogP contribution in [-0.2, 0) is 0 Å². The molecule has 1 N–H and O–H groups in total. The van der Waals surface area contributed by atoms with Crippen molar-refractivity contribution < 1.29 is 0 Å². The van der Waals surface area contributed by atoms with Gasteiger partial charge < -0.3 is 9.88 Å². The van der Waals surface area contributed by atoms with E-state index in [2.05, 4.69) is 168 Å². The van der Waals surface area contributed by atoms with E-state index in [-0.39, 0.29) is 6.17 Å². The van der Waals surface area contributed by atoms with Gasteiger partial charge in [0.2, 0.25) is 0 Å². The predicted molar refractivity (Wildman–Crippen MR) is 211 cm³/mol. The number of hydrogen-bond donors (Lipinski definition) is 1. The van der Waals surface area contributed by atoms with Crippen LogP contribution in [0, 0.1) is 0 Å². The van der Waals surface area contributed by atoms with Gasteiger partial charge in [0.15, 0.2) is 5.84 Å². The maximum atomic E-state index is 5.20. The van der Waals surface area contributed by atoms with Gasteiger partial charge in [-0.3, -0.25) is 0 Å². The molecule has 7 aromatic carbocycles. The van der Waals surface area contributed by atoms with Crippen molar-refractivity contribution in [2.45, 2.75) is 6.17 Å². The van der Waals surface area contributed by atoms with Crippen molar-refractivity contribution in [1.29, 1.82) is 0 Å². The molecule has 0 saturated heterocycles. The van der Waals surface area contributed by atoms with Gasteiger partial charge in [-0.25, -0.2) is 9.98 Å². The predicted octanol–water partition coefficient (Wildman–Crippen LogP) is 11.3. The van der Waals surface area contributed by atoms with Crippen LogP contribution in [0.5, 0.6) is 0 Å². The third kappa shape index (κ3) is 4.74. The van der Waals surface area contributed by atoms with E-state index in [1.807, 2.05) is 23.5 Å². The Bertz CT molecular complexity index is 2770. The van der Waals surface area contributed by atoms with Crippen LogP contribution in [0.3, 0.4) is 0 Å². The zero-order valence-corrected chi connectivity index (χ0v) is 27.8. The second kappa shape index (κ2) is 11.7. The second-order valence-corrected chi connectivity index (χ2v) is 13.7. The van der Waals surface area contributed by atoms with Crippen molar-refractivity contribution in [2.24, 2.45) is 9.98 Å². The Morgan fingerprint density at radius 3 is 2.02 bits per heavy atom. The minimum atomic E-state index is -0.275. The Morgan fingerprint density at radius 1 is 0.520 bits per heavy atom. The molecule has 50 heavy (non-hydrogen) atoms. The number of fused-ring (bicyclic) bond motifs is 7. The molecule has 0 fully saturated rings. The molecule has 0 spiro atoms. The number of nitrogens with one attached hydrogen (secondary N) is 1. The van der Waals surface area contributed by atoms with E-state index in [0.717, 1.165) is 28.2 Å². The highest BCUT2D eigenvalue weighted by atomic mass is 32.1. The molecular weight excluding hydrogens is 629 g/mol. The van der Waals surface area contributed by atoms with Crippen molar-refractivity contribution >= 4 is 65.0 Å². The molecule has 2 aromatic heterocycles. The van der Waals surface area contributed by atoms with E-state index in [4.69, 9.17) is 9.98 Å². The number of hydrogen-bond acceptors (Lipinski definition) is 4. The molecule has 1 unspecified atom stereocenters. The lowest BCUT2D eigenvalue weighted by Gasteiger charge is -2.24. The molecule has 1 aliphatic rings. The first-order chi connectivity index (χ1) is 24.8. The quantitative estimate of drug-likeness (QED) is 0.196. The van der Waals surface area contributed by atoms with Gasteiger partial charge in [-0.1, -0.05) is 146 Å². The normalized spacial score (nSPS) is 14.6. The summed E-state index contributed by atoms with van der Waals surface area (Å²) in [6.07, 6.45) is -0.275. The summed E-state index contributed by atoms with van der Waals surface area (Å²) in [4.78, 5) is 10.4. The summed E-state index contributed by atoms with van der Waals surface area (Å²) >= 11 is 1.87. The summed E-state index contributed by atoms with van der Waals surface area (Å²) in [6.45, 7) is 0. The van der Waals surface area contributed by atoms with Crippen LogP contribution in [0.15, 0.2) is 180 Å². The molecule has 0 radical (unpaired) electrons. The van der Waals surface area contributed by atoms with Crippen LogP contribution in [-0.4, -0.2) is 16.2 Å². The summed E-state index contributed by atoms with van der Waals surface area (Å²) in [5, 5.41) is 8.72. The van der Waals surface area contributed by atoms with Gasteiger partial charge in [0.25, 0.3) is 0 Å². The number of benzene rings is 7. The van der Waals surface area contributed by atoms with Crippen LogP contribution < -0.4 is 5.32 Å². The van der Waals surface area contributed by atoms with Crippen molar-refractivity contribution in [3.8, 4) is 16.8 Å². The van der Waals surface area contributed by atoms with Crippen molar-refractivity contribution in [3.05, 3.63) is 187 Å². The summed E-state index contributed by atoms with van der Waals surface area (Å²) in [7, 11) is 0. The van der Waals surface area contributed by atoms with Crippen molar-refractivity contribution in [3.63, 3.8) is 0 Å². The number of aromatic nitrogens is 1. The molecule has 1 atom stereocenters. The van der Waals surface area contributed by atoms with E-state index in [9.17, 15) is 0 Å². The standard InChI is InChI=1S/C45H30N4S/c1-3-12-29(13-4-1)30-22-24-32(25-23-30)44-46-43(31-14-5-2-6-15-31)47-45(48-44)33-16-11-17-34(28-33)49-39-20-9-7-18-35(39)37-26-27-38-36-19-8-10-21-40(36)50-42(38)41(37)49/h1-28,43H,(H,46,47,48). The SMILES string of the molecule is c1ccc(-c2ccc(C3=NC(c4cccc(-n5c6ccccc6c6ccc7c8ccccc8sc7c65)c4)=NC(c4ccccc4)N3)cc2)cc1. The molecule has 0 bridgehead atoms. The minimum Gasteiger partial charge on any atom is -0.344 e. The largest absolute Gasteiger partial charge is 0.344 e. The Hall–Kier alpha value is -6.30. The fourth-order valence-corrected chi connectivity index (χ4v) is 8.51. The van der Waals surface area contributed by atoms with Crippen LogP contribution in [0.2, 0.25) is 0 Å². The van der Waals surface area contributed by atoms with Crippen molar-refractivity contribution in [2.75, 3.05) is 0 Å². The maximum absolute atomic E-state index is 5.20. The van der Waals surface area contributed by atoms with Gasteiger partial charge in [0, 0.05) is 43.1 Å². The summed E-state index contributed by atoms with van der Waals surface area (Å²) in [6, 6.07) is 60.2. The maximum Gasteiger partial charge on any atom is 0.159 e. The number of para-hydroxylation sites is 1. The van der Waals surface area contributed by atoms with E-state index in [1.165, 1.54) is 53.1 Å². The van der Waals surface area contributed by atoms with E-state index < -0.39 is 0 Å². The lowest BCUT2D eigenvalue weighted by atomic mass is 10.0. The highest BCUT2D eigenvalue weighted by Gasteiger charge is 2.22. The Labute approximate surface area is 293 Å². The van der Waals surface area contributed by atoms with E-state index in [0.29, 0.717) is 5.84 Å². The van der Waals surface area contributed by atoms with Gasteiger partial charge in [-0.15, -0.1) is 11.3 Å². The topological polar surface area (TPSA) is 41.7 Å². The number of aliphatic imine (C=N–C) groups is 2. The summed E-state index contributed by atoms with van der Waals surface area (Å²) in [5.74, 6) is 1.51. The summed E-state index contributed by atoms with van der Waals surface area (Å²) in [5.41, 5.74) is 8.94. The average Bonchev–Trinajstić information content (AvgIpc) is 3.75. The first-order valence-electron chi connectivity index (χ1n) is 16.9. The Morgan fingerprint density at radius 2 is 1.18 bits per heavy atom. The number of rotatable bonds is 5. The fraction of sp³-hybridized carbons (Fsp3) is 0.0222. The zero-order chi connectivity index (χ0) is 33.0. The fourth-order valence-electron chi connectivity index (χ4n) is 7.27. The van der Waals surface area contributed by atoms with Gasteiger partial charge in [-0.2, -0.15) is 0 Å². The van der Waals surface area contributed by atoms with E-state index >= 15 is 0 Å². The van der Waals surface area contributed by atoms with Crippen molar-refractivity contribution in [1.82, 2.24) is 9.88 Å². The summed E-state index contributed by atoms with van der Waals surface area (Å²) < 4.78 is 5.03. The average molecular weight is 659 g/mol. The highest BCUT2D eigenvalue weighted by molar-refractivity contribution is 7.26. The molecule has 0 saturated carbocycles.